The van der Waals surface area contributed by atoms with Gasteiger partial charge in [-0.1, -0.05) is 5.16 Å². The second-order valence-electron chi connectivity index (χ2n) is 7.31. The predicted molar refractivity (Wildman–Crippen MR) is 89.0 cm³/mol. The van der Waals surface area contributed by atoms with Gasteiger partial charge in [-0.15, -0.1) is 0 Å². The van der Waals surface area contributed by atoms with Gasteiger partial charge in [0.05, 0.1) is 6.04 Å². The zero-order valence-corrected chi connectivity index (χ0v) is 14.6. The van der Waals surface area contributed by atoms with Gasteiger partial charge in [0.25, 0.3) is 0 Å². The molecule has 23 heavy (non-hydrogen) atoms. The molecule has 1 aromatic heterocycles. The molecular weight excluding hydrogens is 290 g/mol. The average Bonchev–Trinajstić information content (AvgIpc) is 3.00. The molecule has 5 nitrogen and oxygen atoms in total. The van der Waals surface area contributed by atoms with Crippen molar-refractivity contribution in [1.29, 1.82) is 0 Å². The fourth-order valence-electron chi connectivity index (χ4n) is 3.94. The van der Waals surface area contributed by atoms with Crippen molar-refractivity contribution in [1.82, 2.24) is 15.0 Å². The van der Waals surface area contributed by atoms with E-state index in [1.54, 1.807) is 0 Å². The van der Waals surface area contributed by atoms with E-state index in [0.29, 0.717) is 11.9 Å². The summed E-state index contributed by atoms with van der Waals surface area (Å²) >= 11 is 0. The lowest BCUT2D eigenvalue weighted by Gasteiger charge is -2.40. The van der Waals surface area contributed by atoms with E-state index in [-0.39, 0.29) is 12.0 Å². The third-order valence-electron chi connectivity index (χ3n) is 5.38. The van der Waals surface area contributed by atoms with Crippen molar-refractivity contribution in [2.75, 3.05) is 19.6 Å². The van der Waals surface area contributed by atoms with Crippen molar-refractivity contribution in [2.45, 2.75) is 65.0 Å². The van der Waals surface area contributed by atoms with Crippen molar-refractivity contribution in [2.24, 2.45) is 5.92 Å². The van der Waals surface area contributed by atoms with Gasteiger partial charge in [0.15, 0.2) is 0 Å². The van der Waals surface area contributed by atoms with Crippen LogP contribution in [0.3, 0.4) is 0 Å². The van der Waals surface area contributed by atoms with Crippen LogP contribution in [-0.4, -0.2) is 46.5 Å². The van der Waals surface area contributed by atoms with Crippen LogP contribution in [0.1, 0.15) is 63.4 Å². The first-order valence-electron chi connectivity index (χ1n) is 9.04. The topological polar surface area (TPSA) is 49.6 Å². The molecule has 0 spiro atoms. The number of amides is 1. The number of aryl methyl sites for hydroxylation is 1. The zero-order valence-electron chi connectivity index (χ0n) is 14.6. The molecule has 0 aliphatic carbocycles. The van der Waals surface area contributed by atoms with Crippen LogP contribution in [0.15, 0.2) is 10.6 Å². The standard InChI is InChI=1S/C18H29N3O2/c1-13(2)20-10-7-15(8-11-20)18(22)21-9-5-4-6-17(21)16-12-14(3)23-19-16/h12-13,15,17H,4-11H2,1-3H3. The number of piperidine rings is 2. The van der Waals surface area contributed by atoms with Crippen LogP contribution in [0.2, 0.25) is 0 Å². The second-order valence-corrected chi connectivity index (χ2v) is 7.31. The number of carbonyl (C=O) groups excluding carboxylic acids is 1. The first-order valence-corrected chi connectivity index (χ1v) is 9.04. The Bertz CT molecular complexity index is 532. The number of aromatic nitrogens is 1. The minimum atomic E-state index is 0.108. The van der Waals surface area contributed by atoms with Crippen molar-refractivity contribution >= 4 is 5.91 Å². The number of carbonyl (C=O) groups is 1. The zero-order chi connectivity index (χ0) is 16.4. The quantitative estimate of drug-likeness (QED) is 0.859. The van der Waals surface area contributed by atoms with Crippen LogP contribution in [0.25, 0.3) is 0 Å². The molecule has 2 aliphatic rings. The van der Waals surface area contributed by atoms with Crippen molar-refractivity contribution < 1.29 is 9.32 Å². The number of likely N-dealkylation sites (tertiary alicyclic amines) is 2. The Labute approximate surface area is 139 Å². The third-order valence-corrected chi connectivity index (χ3v) is 5.38. The summed E-state index contributed by atoms with van der Waals surface area (Å²) in [6, 6.07) is 2.67. The van der Waals surface area contributed by atoms with Crippen molar-refractivity contribution in [3.05, 3.63) is 17.5 Å². The Morgan fingerprint density at radius 3 is 2.57 bits per heavy atom. The molecular formula is C18H29N3O2. The van der Waals surface area contributed by atoms with Gasteiger partial charge in [0, 0.05) is 24.6 Å². The highest BCUT2D eigenvalue weighted by molar-refractivity contribution is 5.79. The predicted octanol–water partition coefficient (Wildman–Crippen LogP) is 3.16. The summed E-state index contributed by atoms with van der Waals surface area (Å²) in [5.41, 5.74) is 0.926. The molecule has 128 valence electrons. The van der Waals surface area contributed by atoms with E-state index in [0.717, 1.165) is 63.2 Å². The number of nitrogens with zero attached hydrogens (tertiary/aromatic N) is 3. The molecule has 1 atom stereocenters. The Morgan fingerprint density at radius 1 is 1.22 bits per heavy atom. The van der Waals surface area contributed by atoms with E-state index < -0.39 is 0 Å². The molecule has 0 saturated carbocycles. The Balaban J connectivity index is 1.67. The van der Waals surface area contributed by atoms with Gasteiger partial charge in [-0.05, 0) is 66.0 Å². The van der Waals surface area contributed by atoms with Crippen LogP contribution in [0, 0.1) is 12.8 Å². The summed E-state index contributed by atoms with van der Waals surface area (Å²) < 4.78 is 5.24. The Kier molecular flexibility index (Phi) is 5.05. The molecule has 0 bridgehead atoms. The molecule has 5 heteroatoms. The fraction of sp³-hybridized carbons (Fsp3) is 0.778. The van der Waals surface area contributed by atoms with Gasteiger partial charge in [-0.3, -0.25) is 4.79 Å². The first kappa shape index (κ1) is 16.5. The van der Waals surface area contributed by atoms with Crippen LogP contribution in [-0.2, 0) is 4.79 Å². The van der Waals surface area contributed by atoms with Crippen LogP contribution in [0.4, 0.5) is 0 Å². The minimum Gasteiger partial charge on any atom is -0.361 e. The average molecular weight is 319 g/mol. The van der Waals surface area contributed by atoms with E-state index in [4.69, 9.17) is 4.52 Å². The number of hydrogen-bond acceptors (Lipinski definition) is 4. The fourth-order valence-corrected chi connectivity index (χ4v) is 3.94. The normalized spacial score (nSPS) is 24.3. The summed E-state index contributed by atoms with van der Waals surface area (Å²) in [7, 11) is 0. The summed E-state index contributed by atoms with van der Waals surface area (Å²) in [5.74, 6) is 1.33. The van der Waals surface area contributed by atoms with Gasteiger partial charge in [0.2, 0.25) is 5.91 Å². The molecule has 0 N–H and O–H groups in total. The molecule has 2 fully saturated rings. The summed E-state index contributed by atoms with van der Waals surface area (Å²) in [6.07, 6.45) is 5.23. The molecule has 3 heterocycles. The summed E-state index contributed by atoms with van der Waals surface area (Å²) in [4.78, 5) is 17.6. The summed E-state index contributed by atoms with van der Waals surface area (Å²) in [5, 5.41) is 4.18. The van der Waals surface area contributed by atoms with Crippen molar-refractivity contribution in [3.63, 3.8) is 0 Å². The lowest BCUT2D eigenvalue weighted by Crippen LogP contribution is -2.46. The highest BCUT2D eigenvalue weighted by Gasteiger charge is 2.35. The first-order chi connectivity index (χ1) is 11.1. The summed E-state index contributed by atoms with van der Waals surface area (Å²) in [6.45, 7) is 9.31. The van der Waals surface area contributed by atoms with Crippen molar-refractivity contribution in [3.8, 4) is 0 Å². The van der Waals surface area contributed by atoms with E-state index in [1.165, 1.54) is 0 Å². The van der Waals surface area contributed by atoms with Crippen LogP contribution in [0.5, 0.6) is 0 Å². The number of hydrogen-bond donors (Lipinski definition) is 0. The second kappa shape index (κ2) is 7.04. The molecule has 0 radical (unpaired) electrons. The SMILES string of the molecule is Cc1cc(C2CCCCN2C(=O)C2CCN(C(C)C)CC2)no1. The Hall–Kier alpha value is -1.36. The van der Waals surface area contributed by atoms with Gasteiger partial charge >= 0.3 is 0 Å². The highest BCUT2D eigenvalue weighted by atomic mass is 16.5. The molecule has 1 aromatic rings. The monoisotopic (exact) mass is 319 g/mol. The van der Waals surface area contributed by atoms with Gasteiger partial charge < -0.3 is 14.3 Å². The van der Waals surface area contributed by atoms with E-state index in [1.807, 2.05) is 13.0 Å². The molecule has 2 aliphatic heterocycles. The third kappa shape index (κ3) is 3.60. The Morgan fingerprint density at radius 2 is 1.96 bits per heavy atom. The van der Waals surface area contributed by atoms with E-state index in [2.05, 4.69) is 28.8 Å². The van der Waals surface area contributed by atoms with Gasteiger partial charge in [-0.25, -0.2) is 0 Å². The number of rotatable bonds is 3. The van der Waals surface area contributed by atoms with E-state index >= 15 is 0 Å². The van der Waals surface area contributed by atoms with Crippen LogP contribution >= 0.6 is 0 Å². The van der Waals surface area contributed by atoms with Crippen LogP contribution < -0.4 is 0 Å². The van der Waals surface area contributed by atoms with Gasteiger partial charge in [-0.2, -0.15) is 0 Å². The maximum Gasteiger partial charge on any atom is 0.226 e. The lowest BCUT2D eigenvalue weighted by atomic mass is 9.91. The molecule has 1 amide bonds. The highest BCUT2D eigenvalue weighted by Crippen LogP contribution is 2.33. The van der Waals surface area contributed by atoms with Gasteiger partial charge in [0.1, 0.15) is 11.5 Å². The maximum absolute atomic E-state index is 13.1. The molecule has 1 unspecified atom stereocenters. The molecule has 3 rings (SSSR count). The largest absolute Gasteiger partial charge is 0.361 e. The maximum atomic E-state index is 13.1. The molecule has 2 saturated heterocycles. The lowest BCUT2D eigenvalue weighted by molar-refractivity contribution is -0.141. The van der Waals surface area contributed by atoms with E-state index in [9.17, 15) is 4.79 Å². The smallest absolute Gasteiger partial charge is 0.226 e. The molecule has 0 aromatic carbocycles. The minimum absolute atomic E-state index is 0.108.